The van der Waals surface area contributed by atoms with Gasteiger partial charge in [0.25, 0.3) is 0 Å². The fourth-order valence-corrected chi connectivity index (χ4v) is 3.93. The van der Waals surface area contributed by atoms with Gasteiger partial charge in [0, 0.05) is 61.5 Å². The number of benzene rings is 1. The molecule has 33 heavy (non-hydrogen) atoms. The molecule has 174 valence electrons. The summed E-state index contributed by atoms with van der Waals surface area (Å²) in [6.45, 7) is 5.14. The first-order valence-corrected chi connectivity index (χ1v) is 10.9. The van der Waals surface area contributed by atoms with Crippen LogP contribution < -0.4 is 10.4 Å². The van der Waals surface area contributed by atoms with Crippen molar-refractivity contribution in [2.75, 3.05) is 27.3 Å². The molecular formula is C24H28FN5O3. The van der Waals surface area contributed by atoms with Gasteiger partial charge in [-0.3, -0.25) is 14.1 Å². The molecule has 9 heteroatoms. The smallest absolute Gasteiger partial charge is 0.329 e. The normalized spacial score (nSPS) is 11.9. The summed E-state index contributed by atoms with van der Waals surface area (Å²) in [6, 6.07) is 6.60. The van der Waals surface area contributed by atoms with E-state index in [4.69, 9.17) is 9.57 Å². The Morgan fingerprint density at radius 1 is 1.18 bits per heavy atom. The number of aryl methyl sites for hydroxylation is 1. The van der Waals surface area contributed by atoms with Gasteiger partial charge >= 0.3 is 5.69 Å². The van der Waals surface area contributed by atoms with Crippen LogP contribution in [0.2, 0.25) is 0 Å². The van der Waals surface area contributed by atoms with Crippen molar-refractivity contribution < 1.29 is 14.0 Å². The molecule has 1 aromatic carbocycles. The standard InChI is InChI=1S/C24H28FN5O3/c1-15(2)30-23-18-11-17(19(25)12-20(18)26-14-21(23)29(4)24(30)31)16-7-8-22(27-13-16)33-10-6-9-28(3)32-5/h7-8,11-15H,6,9-10H2,1-5H3. The highest BCUT2D eigenvalue weighted by Crippen LogP contribution is 2.32. The minimum Gasteiger partial charge on any atom is -0.478 e. The van der Waals surface area contributed by atoms with Crippen LogP contribution in [0.5, 0.6) is 5.88 Å². The van der Waals surface area contributed by atoms with Gasteiger partial charge in [-0.25, -0.2) is 14.2 Å². The van der Waals surface area contributed by atoms with E-state index in [1.807, 2.05) is 20.9 Å². The molecule has 0 unspecified atom stereocenters. The molecule has 0 bridgehead atoms. The zero-order valence-corrected chi connectivity index (χ0v) is 19.5. The summed E-state index contributed by atoms with van der Waals surface area (Å²) < 4.78 is 24.0. The van der Waals surface area contributed by atoms with E-state index in [1.54, 1.807) is 58.9 Å². The van der Waals surface area contributed by atoms with Crippen LogP contribution in [0, 0.1) is 5.82 Å². The molecule has 0 spiro atoms. The van der Waals surface area contributed by atoms with Crippen molar-refractivity contribution in [2.24, 2.45) is 7.05 Å². The van der Waals surface area contributed by atoms with E-state index in [1.165, 1.54) is 6.07 Å². The van der Waals surface area contributed by atoms with Gasteiger partial charge in [0.05, 0.1) is 36.5 Å². The molecule has 0 fully saturated rings. The summed E-state index contributed by atoms with van der Waals surface area (Å²) in [5.41, 5.74) is 2.84. The van der Waals surface area contributed by atoms with Crippen LogP contribution in [0.25, 0.3) is 33.1 Å². The number of halogens is 1. The third-order valence-electron chi connectivity index (χ3n) is 5.75. The van der Waals surface area contributed by atoms with Gasteiger partial charge in [-0.05, 0) is 32.4 Å². The number of hydrogen-bond donors (Lipinski definition) is 0. The Balaban J connectivity index is 1.69. The Labute approximate surface area is 191 Å². The van der Waals surface area contributed by atoms with Crippen LogP contribution in [0.1, 0.15) is 26.3 Å². The van der Waals surface area contributed by atoms with Crippen molar-refractivity contribution in [3.63, 3.8) is 0 Å². The number of imidazole rings is 1. The van der Waals surface area contributed by atoms with E-state index in [9.17, 15) is 4.79 Å². The lowest BCUT2D eigenvalue weighted by Crippen LogP contribution is -2.23. The van der Waals surface area contributed by atoms with Gasteiger partial charge in [0.2, 0.25) is 5.88 Å². The fraction of sp³-hybridized carbons (Fsp3) is 0.375. The molecule has 0 aliphatic carbocycles. The average Bonchev–Trinajstić information content (AvgIpc) is 3.07. The maximum atomic E-state index is 15.0. The minimum atomic E-state index is -0.401. The number of ether oxygens (including phenoxy) is 1. The third kappa shape index (κ3) is 4.34. The van der Waals surface area contributed by atoms with E-state index in [-0.39, 0.29) is 11.7 Å². The molecule has 4 aromatic rings. The van der Waals surface area contributed by atoms with Crippen molar-refractivity contribution in [1.29, 1.82) is 0 Å². The molecule has 0 atom stereocenters. The lowest BCUT2D eigenvalue weighted by molar-refractivity contribution is -0.110. The number of hydroxylamine groups is 2. The van der Waals surface area contributed by atoms with Gasteiger partial charge in [-0.1, -0.05) is 0 Å². The van der Waals surface area contributed by atoms with Crippen LogP contribution in [0.4, 0.5) is 4.39 Å². The van der Waals surface area contributed by atoms with Crippen LogP contribution in [0.15, 0.2) is 41.5 Å². The summed E-state index contributed by atoms with van der Waals surface area (Å²) in [5, 5.41) is 2.44. The number of hydrogen-bond acceptors (Lipinski definition) is 6. The summed E-state index contributed by atoms with van der Waals surface area (Å²) in [7, 11) is 5.19. The second kappa shape index (κ2) is 9.29. The second-order valence-electron chi connectivity index (χ2n) is 8.27. The molecule has 0 saturated heterocycles. The highest BCUT2D eigenvalue weighted by atomic mass is 19.1. The molecule has 0 radical (unpaired) electrons. The topological polar surface area (TPSA) is 74.4 Å². The molecule has 0 amide bonds. The second-order valence-corrected chi connectivity index (χ2v) is 8.27. The van der Waals surface area contributed by atoms with Gasteiger partial charge < -0.3 is 9.57 Å². The first kappa shape index (κ1) is 22.9. The fourth-order valence-electron chi connectivity index (χ4n) is 3.93. The van der Waals surface area contributed by atoms with Crippen LogP contribution >= 0.6 is 0 Å². The zero-order valence-electron chi connectivity index (χ0n) is 19.5. The molecule has 3 aromatic heterocycles. The lowest BCUT2D eigenvalue weighted by Gasteiger charge is -2.13. The Bertz CT molecular complexity index is 1340. The van der Waals surface area contributed by atoms with Gasteiger partial charge in [0.1, 0.15) is 5.82 Å². The van der Waals surface area contributed by atoms with E-state index in [0.717, 1.165) is 23.9 Å². The molecule has 3 heterocycles. The van der Waals surface area contributed by atoms with Crippen LogP contribution in [0.3, 0.4) is 0 Å². The highest BCUT2D eigenvalue weighted by molar-refractivity contribution is 6.04. The molecule has 0 saturated carbocycles. The number of rotatable bonds is 8. The van der Waals surface area contributed by atoms with E-state index in [0.29, 0.717) is 34.6 Å². The summed E-state index contributed by atoms with van der Waals surface area (Å²) in [5.74, 6) is 0.0718. The number of fused-ring (bicyclic) bond motifs is 3. The summed E-state index contributed by atoms with van der Waals surface area (Å²) in [4.78, 5) is 26.6. The van der Waals surface area contributed by atoms with Crippen molar-refractivity contribution in [2.45, 2.75) is 26.3 Å². The third-order valence-corrected chi connectivity index (χ3v) is 5.75. The van der Waals surface area contributed by atoms with Crippen molar-refractivity contribution in [3.05, 3.63) is 53.0 Å². The van der Waals surface area contributed by atoms with Crippen molar-refractivity contribution >= 4 is 21.9 Å². The van der Waals surface area contributed by atoms with Crippen molar-refractivity contribution in [1.82, 2.24) is 24.2 Å². The van der Waals surface area contributed by atoms with E-state index in [2.05, 4.69) is 9.97 Å². The Morgan fingerprint density at radius 2 is 1.97 bits per heavy atom. The quantitative estimate of drug-likeness (QED) is 0.297. The largest absolute Gasteiger partial charge is 0.478 e. The number of pyridine rings is 2. The van der Waals surface area contributed by atoms with E-state index >= 15 is 4.39 Å². The molecule has 0 N–H and O–H groups in total. The Kier molecular flexibility index (Phi) is 6.44. The molecular weight excluding hydrogens is 425 g/mol. The summed E-state index contributed by atoms with van der Waals surface area (Å²) in [6.07, 6.45) is 3.99. The number of aromatic nitrogens is 4. The Hall–Kier alpha value is -3.30. The maximum Gasteiger partial charge on any atom is 0.329 e. The van der Waals surface area contributed by atoms with Crippen molar-refractivity contribution in [3.8, 4) is 17.0 Å². The maximum absolute atomic E-state index is 15.0. The first-order valence-electron chi connectivity index (χ1n) is 10.9. The SMILES string of the molecule is CON(C)CCCOc1ccc(-c2cc3c(cc2F)ncc2c3n(C(C)C)c(=O)n2C)cn1. The predicted octanol–water partition coefficient (Wildman–Crippen LogP) is 3.93. The number of nitrogens with zero attached hydrogens (tertiary/aromatic N) is 5. The van der Waals surface area contributed by atoms with Crippen LogP contribution in [-0.4, -0.2) is 51.5 Å². The predicted molar refractivity (Wildman–Crippen MR) is 126 cm³/mol. The highest BCUT2D eigenvalue weighted by Gasteiger charge is 2.18. The molecule has 8 nitrogen and oxygen atoms in total. The summed E-state index contributed by atoms with van der Waals surface area (Å²) >= 11 is 0. The van der Waals surface area contributed by atoms with Gasteiger partial charge in [0.15, 0.2) is 0 Å². The monoisotopic (exact) mass is 453 g/mol. The zero-order chi connectivity index (χ0) is 23.7. The molecule has 0 aliphatic heterocycles. The van der Waals surface area contributed by atoms with Gasteiger partial charge in [-0.2, -0.15) is 5.06 Å². The first-order chi connectivity index (χ1) is 15.8. The average molecular weight is 454 g/mol. The van der Waals surface area contributed by atoms with Gasteiger partial charge in [-0.15, -0.1) is 0 Å². The Morgan fingerprint density at radius 3 is 2.64 bits per heavy atom. The van der Waals surface area contributed by atoms with Crippen LogP contribution in [-0.2, 0) is 11.9 Å². The molecule has 4 rings (SSSR count). The minimum absolute atomic E-state index is 0.0536. The van der Waals surface area contributed by atoms with E-state index < -0.39 is 5.82 Å². The molecule has 0 aliphatic rings. The lowest BCUT2D eigenvalue weighted by atomic mass is 10.0.